The molecule has 28 heavy (non-hydrogen) atoms. The molecule has 0 saturated carbocycles. The van der Waals surface area contributed by atoms with E-state index in [1.54, 1.807) is 0 Å². The number of aromatic hydroxyl groups is 2. The number of rotatable bonds is 17. The molecule has 0 saturated heterocycles. The second kappa shape index (κ2) is 16.1. The summed E-state index contributed by atoms with van der Waals surface area (Å²) < 4.78 is 0. The summed E-state index contributed by atoms with van der Waals surface area (Å²) in [6.45, 7) is 7.15. The lowest BCUT2D eigenvalue weighted by Crippen LogP contribution is -2.29. The average molecular weight is 396 g/mol. The molecule has 1 aromatic carbocycles. The van der Waals surface area contributed by atoms with E-state index >= 15 is 0 Å². The number of amides is 1. The number of phenolic OH excluding ortho intramolecular Hbond substituents is 2. The first kappa shape index (κ1) is 24.2. The van der Waals surface area contributed by atoms with Gasteiger partial charge in [0.15, 0.2) is 0 Å². The van der Waals surface area contributed by atoms with Crippen LogP contribution in [0.15, 0.2) is 18.2 Å². The molecule has 0 heterocycles. The van der Waals surface area contributed by atoms with E-state index in [0.717, 1.165) is 77.9 Å². The van der Waals surface area contributed by atoms with E-state index < -0.39 is 0 Å². The first-order chi connectivity index (χ1) is 13.6. The summed E-state index contributed by atoms with van der Waals surface area (Å²) in [7, 11) is 0. The van der Waals surface area contributed by atoms with Gasteiger partial charge in [-0.25, -0.2) is 0 Å². The second-order valence-corrected chi connectivity index (χ2v) is 6.76. The predicted octanol–water partition coefficient (Wildman–Crippen LogP) is 0.506. The van der Waals surface area contributed by atoms with E-state index in [2.05, 4.69) is 21.3 Å². The van der Waals surface area contributed by atoms with Crippen molar-refractivity contribution in [1.82, 2.24) is 21.3 Å². The molecule has 160 valence electrons. The lowest BCUT2D eigenvalue weighted by Gasteiger charge is -2.09. The van der Waals surface area contributed by atoms with E-state index in [-0.39, 0.29) is 23.0 Å². The van der Waals surface area contributed by atoms with Gasteiger partial charge < -0.3 is 37.2 Å². The van der Waals surface area contributed by atoms with Crippen molar-refractivity contribution in [3.63, 3.8) is 0 Å². The zero-order chi connectivity index (χ0) is 20.5. The Hall–Kier alpha value is -1.87. The fourth-order valence-corrected chi connectivity index (χ4v) is 2.66. The van der Waals surface area contributed by atoms with Gasteiger partial charge >= 0.3 is 0 Å². The van der Waals surface area contributed by atoms with Crippen LogP contribution in [0.5, 0.6) is 11.5 Å². The van der Waals surface area contributed by atoms with Crippen LogP contribution in [-0.4, -0.2) is 68.5 Å². The molecule has 0 fully saturated rings. The largest absolute Gasteiger partial charge is 0.508 e. The number of nitrogens with one attached hydrogen (secondary N) is 4. The molecule has 1 aromatic rings. The highest BCUT2D eigenvalue weighted by Crippen LogP contribution is 2.21. The van der Waals surface area contributed by atoms with Gasteiger partial charge in [-0.3, -0.25) is 4.79 Å². The molecule has 0 unspecified atom stereocenters. The zero-order valence-electron chi connectivity index (χ0n) is 16.8. The number of hydrogen-bond donors (Lipinski definition) is 7. The van der Waals surface area contributed by atoms with Crippen molar-refractivity contribution in [3.05, 3.63) is 23.8 Å². The summed E-state index contributed by atoms with van der Waals surface area (Å²) in [5, 5.41) is 32.0. The van der Waals surface area contributed by atoms with E-state index in [1.165, 1.54) is 18.2 Å². The van der Waals surface area contributed by atoms with Gasteiger partial charge in [-0.2, -0.15) is 0 Å². The van der Waals surface area contributed by atoms with Crippen LogP contribution in [0.4, 0.5) is 0 Å². The Kier molecular flexibility index (Phi) is 13.9. The van der Waals surface area contributed by atoms with Crippen LogP contribution in [0.3, 0.4) is 0 Å². The molecule has 1 rings (SSSR count). The monoisotopic (exact) mass is 395 g/mol. The third kappa shape index (κ3) is 11.8. The van der Waals surface area contributed by atoms with Gasteiger partial charge in [0.25, 0.3) is 5.91 Å². The summed E-state index contributed by atoms with van der Waals surface area (Å²) in [6.07, 6.45) is 5.23. The Balaban J connectivity index is 1.87. The molecule has 1 amide bonds. The van der Waals surface area contributed by atoms with Gasteiger partial charge in [-0.15, -0.1) is 0 Å². The minimum Gasteiger partial charge on any atom is -0.508 e. The SMILES string of the molecule is NCCCCNCCCNCCCNCCCNC(=O)c1cc(O)ccc1O. The predicted molar refractivity (Wildman–Crippen MR) is 113 cm³/mol. The highest BCUT2D eigenvalue weighted by Gasteiger charge is 2.11. The number of phenols is 2. The van der Waals surface area contributed by atoms with Gasteiger partial charge in [0.2, 0.25) is 0 Å². The lowest BCUT2D eigenvalue weighted by molar-refractivity contribution is 0.0950. The molecule has 8 N–H and O–H groups in total. The summed E-state index contributed by atoms with van der Waals surface area (Å²) in [5.41, 5.74) is 5.54. The Morgan fingerprint density at radius 2 is 1.32 bits per heavy atom. The van der Waals surface area contributed by atoms with Crippen LogP contribution in [0.25, 0.3) is 0 Å². The maximum absolute atomic E-state index is 11.9. The molecule has 0 aliphatic carbocycles. The van der Waals surface area contributed by atoms with Crippen LogP contribution in [0.1, 0.15) is 42.5 Å². The number of carbonyl (C=O) groups excluding carboxylic acids is 1. The summed E-state index contributed by atoms with van der Waals surface area (Å²) in [5.74, 6) is -0.563. The molecule has 0 atom stereocenters. The van der Waals surface area contributed by atoms with Gasteiger partial charge in [0.05, 0.1) is 5.56 Å². The van der Waals surface area contributed by atoms with Crippen molar-refractivity contribution < 1.29 is 15.0 Å². The minimum absolute atomic E-state index is 0.0444. The minimum atomic E-state index is -0.383. The van der Waals surface area contributed by atoms with Crippen LogP contribution < -0.4 is 27.0 Å². The fourth-order valence-electron chi connectivity index (χ4n) is 2.66. The molecule has 0 radical (unpaired) electrons. The number of carbonyl (C=O) groups is 1. The van der Waals surface area contributed by atoms with Crippen molar-refractivity contribution in [1.29, 1.82) is 0 Å². The van der Waals surface area contributed by atoms with Crippen molar-refractivity contribution in [3.8, 4) is 11.5 Å². The van der Waals surface area contributed by atoms with Gasteiger partial charge in [-0.05, 0) is 96.1 Å². The number of nitrogens with two attached hydrogens (primary N) is 1. The van der Waals surface area contributed by atoms with Gasteiger partial charge in [-0.1, -0.05) is 0 Å². The summed E-state index contributed by atoms with van der Waals surface area (Å²) in [6, 6.07) is 3.90. The lowest BCUT2D eigenvalue weighted by atomic mass is 10.1. The van der Waals surface area contributed by atoms with E-state index in [9.17, 15) is 15.0 Å². The smallest absolute Gasteiger partial charge is 0.255 e. The third-order valence-corrected chi connectivity index (χ3v) is 4.26. The Morgan fingerprint density at radius 3 is 1.89 bits per heavy atom. The summed E-state index contributed by atoms with van der Waals surface area (Å²) >= 11 is 0. The topological polar surface area (TPSA) is 132 Å². The molecule has 0 aliphatic heterocycles. The van der Waals surface area contributed by atoms with Crippen molar-refractivity contribution >= 4 is 5.91 Å². The van der Waals surface area contributed by atoms with E-state index in [1.807, 2.05) is 0 Å². The van der Waals surface area contributed by atoms with Gasteiger partial charge in [0, 0.05) is 6.54 Å². The van der Waals surface area contributed by atoms with E-state index in [0.29, 0.717) is 6.54 Å². The first-order valence-electron chi connectivity index (χ1n) is 10.3. The van der Waals surface area contributed by atoms with Gasteiger partial charge in [0.1, 0.15) is 11.5 Å². The molecule has 8 heteroatoms. The molecule has 0 spiro atoms. The van der Waals surface area contributed by atoms with E-state index in [4.69, 9.17) is 5.73 Å². The summed E-state index contributed by atoms with van der Waals surface area (Å²) in [4.78, 5) is 11.9. The maximum atomic E-state index is 11.9. The normalized spacial score (nSPS) is 10.9. The maximum Gasteiger partial charge on any atom is 0.255 e. The highest BCUT2D eigenvalue weighted by molar-refractivity contribution is 5.97. The molecular weight excluding hydrogens is 358 g/mol. The van der Waals surface area contributed by atoms with Crippen LogP contribution in [-0.2, 0) is 0 Å². The first-order valence-corrected chi connectivity index (χ1v) is 10.3. The Labute approximate surface area is 168 Å². The molecule has 0 aromatic heterocycles. The second-order valence-electron chi connectivity index (χ2n) is 6.76. The van der Waals surface area contributed by atoms with Crippen LogP contribution >= 0.6 is 0 Å². The highest BCUT2D eigenvalue weighted by atomic mass is 16.3. The average Bonchev–Trinajstić information content (AvgIpc) is 2.69. The molecule has 8 nitrogen and oxygen atoms in total. The Bertz CT molecular complexity index is 543. The molecule has 0 bridgehead atoms. The number of benzene rings is 1. The fraction of sp³-hybridized carbons (Fsp3) is 0.650. The van der Waals surface area contributed by atoms with Crippen molar-refractivity contribution in [2.45, 2.75) is 32.1 Å². The van der Waals surface area contributed by atoms with Crippen molar-refractivity contribution in [2.24, 2.45) is 5.73 Å². The zero-order valence-corrected chi connectivity index (χ0v) is 16.8. The van der Waals surface area contributed by atoms with Crippen LogP contribution in [0, 0.1) is 0 Å². The number of unbranched alkanes of at least 4 members (excludes halogenated alkanes) is 1. The number of hydrogen-bond acceptors (Lipinski definition) is 7. The quantitative estimate of drug-likeness (QED) is 0.151. The molecular formula is C20H37N5O3. The third-order valence-electron chi connectivity index (χ3n) is 4.26. The molecule has 0 aliphatic rings. The van der Waals surface area contributed by atoms with Crippen LogP contribution in [0.2, 0.25) is 0 Å². The standard InChI is InChI=1S/C20H37N5O3/c21-8-1-2-9-22-10-3-11-23-12-4-13-24-14-5-15-25-20(28)18-16-17(26)6-7-19(18)27/h6-7,16,22-24,26-27H,1-5,8-15,21H2,(H,25,28). The Morgan fingerprint density at radius 1 is 0.786 bits per heavy atom. The van der Waals surface area contributed by atoms with Crippen molar-refractivity contribution in [2.75, 3.05) is 52.4 Å².